The summed E-state index contributed by atoms with van der Waals surface area (Å²) in [6.45, 7) is 18.6. The highest BCUT2D eigenvalue weighted by molar-refractivity contribution is 6.19. The summed E-state index contributed by atoms with van der Waals surface area (Å²) in [4.78, 5) is 2.55. The normalized spacial score (nSPS) is 33.8. The highest BCUT2D eigenvalue weighted by Gasteiger charge is 2.39. The van der Waals surface area contributed by atoms with E-state index in [0.29, 0.717) is 17.7 Å². The van der Waals surface area contributed by atoms with Gasteiger partial charge in [-0.05, 0) is 62.4 Å². The van der Waals surface area contributed by atoms with E-state index in [9.17, 15) is 0 Å². The molecule has 2 unspecified atom stereocenters. The first kappa shape index (κ1) is 16.8. The minimum absolute atomic E-state index is 0.149. The molecule has 1 nitrogen and oxygen atoms in total. The van der Waals surface area contributed by atoms with Crippen LogP contribution in [0.25, 0.3) is 0 Å². The fourth-order valence-electron chi connectivity index (χ4n) is 4.03. The van der Waals surface area contributed by atoms with E-state index < -0.39 is 0 Å². The first-order valence-electron chi connectivity index (χ1n) is 8.27. The van der Waals surface area contributed by atoms with Crippen molar-refractivity contribution in [3.8, 4) is 0 Å². The van der Waals surface area contributed by atoms with E-state index in [0.717, 1.165) is 18.5 Å². The summed E-state index contributed by atoms with van der Waals surface area (Å²) < 4.78 is 0. The van der Waals surface area contributed by atoms with Crippen LogP contribution in [-0.2, 0) is 0 Å². The molecule has 0 spiro atoms. The Morgan fingerprint density at radius 1 is 1.29 bits per heavy atom. The van der Waals surface area contributed by atoms with Crippen LogP contribution in [0.3, 0.4) is 0 Å². The molecule has 1 saturated carbocycles. The molecule has 0 N–H and O–H groups in total. The molecule has 0 aromatic heterocycles. The molecule has 0 radical (unpaired) electrons. The van der Waals surface area contributed by atoms with Crippen molar-refractivity contribution in [3.05, 3.63) is 37.0 Å². The third-order valence-corrected chi connectivity index (χ3v) is 6.02. The summed E-state index contributed by atoms with van der Waals surface area (Å²) in [6.07, 6.45) is 8.34. The Balaban J connectivity index is 2.01. The van der Waals surface area contributed by atoms with Gasteiger partial charge in [0, 0.05) is 12.4 Å². The van der Waals surface area contributed by atoms with Crippen molar-refractivity contribution in [2.75, 3.05) is 25.5 Å². The molecule has 118 valence electrons. The number of alkyl halides is 1. The van der Waals surface area contributed by atoms with Gasteiger partial charge >= 0.3 is 0 Å². The third kappa shape index (κ3) is 3.81. The molecule has 21 heavy (non-hydrogen) atoms. The van der Waals surface area contributed by atoms with Crippen molar-refractivity contribution < 1.29 is 0 Å². The quantitative estimate of drug-likeness (QED) is 0.491. The lowest BCUT2D eigenvalue weighted by Gasteiger charge is -2.44. The maximum absolute atomic E-state index is 6.07. The van der Waals surface area contributed by atoms with Crippen molar-refractivity contribution in [1.82, 2.24) is 4.90 Å². The molecule has 2 rings (SSSR count). The lowest BCUT2D eigenvalue weighted by Crippen LogP contribution is -2.36. The molecule has 1 aliphatic carbocycles. The number of hydrogen-bond donors (Lipinski definition) is 0. The fourth-order valence-corrected chi connectivity index (χ4v) is 4.22. The van der Waals surface area contributed by atoms with E-state index in [1.54, 1.807) is 0 Å². The molecule has 0 aromatic carbocycles. The summed E-state index contributed by atoms with van der Waals surface area (Å²) in [5, 5.41) is 0. The lowest BCUT2D eigenvalue weighted by atomic mass is 9.61. The van der Waals surface area contributed by atoms with Gasteiger partial charge in [-0.1, -0.05) is 37.3 Å². The zero-order valence-electron chi connectivity index (χ0n) is 13.5. The topological polar surface area (TPSA) is 3.24 Å². The number of nitrogens with zero attached hydrogens (tertiary/aromatic N) is 1. The van der Waals surface area contributed by atoms with E-state index in [2.05, 4.69) is 37.6 Å². The molecular weight excluding hydrogens is 278 g/mol. The monoisotopic (exact) mass is 307 g/mol. The van der Waals surface area contributed by atoms with Crippen LogP contribution in [-0.4, -0.2) is 30.4 Å². The zero-order chi connectivity index (χ0) is 15.5. The smallest absolute Gasteiger partial charge is 0.0433 e. The van der Waals surface area contributed by atoms with Gasteiger partial charge in [0.2, 0.25) is 0 Å². The third-order valence-electron chi connectivity index (χ3n) is 5.68. The predicted molar refractivity (Wildman–Crippen MR) is 93.8 cm³/mol. The van der Waals surface area contributed by atoms with Crippen LogP contribution in [0, 0.1) is 17.3 Å². The Hall–Kier alpha value is -0.530. The van der Waals surface area contributed by atoms with Gasteiger partial charge < -0.3 is 0 Å². The Bertz CT molecular complexity index is 408. The lowest BCUT2D eigenvalue weighted by molar-refractivity contribution is 0.165. The average molecular weight is 308 g/mol. The first-order chi connectivity index (χ1) is 10.00. The van der Waals surface area contributed by atoms with Crippen LogP contribution >= 0.6 is 11.6 Å². The number of allylic oxidation sites excluding steroid dienone is 2. The van der Waals surface area contributed by atoms with Crippen LogP contribution in [0.1, 0.15) is 39.0 Å². The van der Waals surface area contributed by atoms with Gasteiger partial charge in [-0.25, -0.2) is 0 Å². The summed E-state index contributed by atoms with van der Waals surface area (Å²) >= 11 is 6.07. The molecule has 3 atom stereocenters. The Kier molecular flexibility index (Phi) is 5.73. The summed E-state index contributed by atoms with van der Waals surface area (Å²) in [7, 11) is 0. The van der Waals surface area contributed by atoms with Gasteiger partial charge in [-0.15, -0.1) is 18.2 Å². The first-order valence-corrected chi connectivity index (χ1v) is 8.81. The fraction of sp³-hybridized carbons (Fsp3) is 0.684. The van der Waals surface area contributed by atoms with Gasteiger partial charge in [-0.3, -0.25) is 4.90 Å². The van der Waals surface area contributed by atoms with Gasteiger partial charge in [-0.2, -0.15) is 0 Å². The molecule has 0 aromatic rings. The van der Waals surface area contributed by atoms with E-state index in [1.807, 2.05) is 0 Å². The second kappa shape index (κ2) is 7.15. The van der Waals surface area contributed by atoms with Gasteiger partial charge in [0.1, 0.15) is 0 Å². The maximum atomic E-state index is 6.07. The average Bonchev–Trinajstić information content (AvgIpc) is 2.99. The SMILES string of the molecule is C=C[C@]1(C)CCC(C(=C)CN2CCCC2)CC1C(=C)CCl. The number of likely N-dealkylation sites (tertiary alicyclic amines) is 1. The number of hydrogen-bond acceptors (Lipinski definition) is 1. The van der Waals surface area contributed by atoms with E-state index >= 15 is 0 Å². The van der Waals surface area contributed by atoms with Crippen molar-refractivity contribution in [3.63, 3.8) is 0 Å². The van der Waals surface area contributed by atoms with Crippen molar-refractivity contribution in [1.29, 1.82) is 0 Å². The number of halogens is 1. The Labute approximate surface area is 135 Å². The van der Waals surface area contributed by atoms with Crippen molar-refractivity contribution in [2.24, 2.45) is 17.3 Å². The maximum Gasteiger partial charge on any atom is 0.0433 e. The second-order valence-corrected chi connectivity index (χ2v) is 7.43. The van der Waals surface area contributed by atoms with Crippen molar-refractivity contribution >= 4 is 11.6 Å². The molecule has 0 bridgehead atoms. The standard InChI is InChI=1S/C19H30ClN/c1-5-19(4)9-8-17(12-18(19)15(2)13-20)16(3)14-21-10-6-7-11-21/h5,17-18H,1-3,6-14H2,4H3/t17?,18?,19-/m1/s1. The number of rotatable bonds is 6. The molecule has 1 heterocycles. The largest absolute Gasteiger partial charge is 0.299 e. The summed E-state index contributed by atoms with van der Waals surface area (Å²) in [6, 6.07) is 0. The van der Waals surface area contributed by atoms with Crippen molar-refractivity contribution in [2.45, 2.75) is 39.0 Å². The van der Waals surface area contributed by atoms with Crippen LogP contribution in [0.4, 0.5) is 0 Å². The summed E-state index contributed by atoms with van der Waals surface area (Å²) in [5.41, 5.74) is 2.73. The van der Waals surface area contributed by atoms with Crippen LogP contribution in [0.2, 0.25) is 0 Å². The molecule has 2 heteroatoms. The van der Waals surface area contributed by atoms with Crippen LogP contribution in [0.5, 0.6) is 0 Å². The molecule has 2 fully saturated rings. The van der Waals surface area contributed by atoms with E-state index in [1.165, 1.54) is 44.3 Å². The molecule has 0 amide bonds. The second-order valence-electron chi connectivity index (χ2n) is 7.17. The predicted octanol–water partition coefficient (Wildman–Crippen LogP) is 5.04. The van der Waals surface area contributed by atoms with Gasteiger partial charge in [0.15, 0.2) is 0 Å². The highest BCUT2D eigenvalue weighted by atomic mass is 35.5. The highest BCUT2D eigenvalue weighted by Crippen LogP contribution is 2.49. The molecule has 2 aliphatic rings. The molecule has 1 aliphatic heterocycles. The minimum Gasteiger partial charge on any atom is -0.299 e. The van der Waals surface area contributed by atoms with Gasteiger partial charge in [0.05, 0.1) is 0 Å². The van der Waals surface area contributed by atoms with E-state index in [4.69, 9.17) is 11.6 Å². The van der Waals surface area contributed by atoms with E-state index in [-0.39, 0.29) is 5.41 Å². The Morgan fingerprint density at radius 2 is 1.95 bits per heavy atom. The van der Waals surface area contributed by atoms with Crippen LogP contribution in [0.15, 0.2) is 37.0 Å². The Morgan fingerprint density at radius 3 is 2.52 bits per heavy atom. The molecular formula is C19H30ClN. The van der Waals surface area contributed by atoms with Gasteiger partial charge in [0.25, 0.3) is 0 Å². The zero-order valence-corrected chi connectivity index (χ0v) is 14.3. The van der Waals surface area contributed by atoms with Crippen LogP contribution < -0.4 is 0 Å². The molecule has 1 saturated heterocycles. The minimum atomic E-state index is 0.149. The summed E-state index contributed by atoms with van der Waals surface area (Å²) in [5.74, 6) is 1.62.